The molecule has 0 saturated carbocycles. The Morgan fingerprint density at radius 1 is 1.05 bits per heavy atom. The van der Waals surface area contributed by atoms with Gasteiger partial charge in [-0.25, -0.2) is 0 Å². The molecule has 0 heterocycles. The van der Waals surface area contributed by atoms with Gasteiger partial charge in [-0.05, 0) is 36.2 Å². The van der Waals surface area contributed by atoms with Crippen molar-refractivity contribution in [3.8, 4) is 12.1 Å². The molecule has 92 valence electrons. The number of benzene rings is 2. The minimum Gasteiger partial charge on any atom is -0.366 e. The molecule has 0 aliphatic heterocycles. The third kappa shape index (κ3) is 2.91. The number of nitriles is 2. The Balaban J connectivity index is 2.29. The zero-order valence-electron chi connectivity index (χ0n) is 10.6. The van der Waals surface area contributed by atoms with Crippen LogP contribution >= 0.6 is 0 Å². The number of hydrogen-bond donors (Lipinski definition) is 1. The fraction of sp³-hybridized carbons (Fsp3) is 0.125. The van der Waals surface area contributed by atoms with Crippen LogP contribution in [0.15, 0.2) is 48.5 Å². The van der Waals surface area contributed by atoms with E-state index in [0.717, 1.165) is 16.8 Å². The summed E-state index contributed by atoms with van der Waals surface area (Å²) in [5.74, 6) is 0. The van der Waals surface area contributed by atoms with Crippen molar-refractivity contribution in [3.63, 3.8) is 0 Å². The maximum Gasteiger partial charge on any atom is 0.140 e. The molecule has 0 aromatic heterocycles. The lowest BCUT2D eigenvalue weighted by atomic mass is 10.0. The average molecular weight is 247 g/mol. The number of hydrogen-bond acceptors (Lipinski definition) is 3. The minimum atomic E-state index is -0.464. The number of rotatable bonds is 3. The summed E-state index contributed by atoms with van der Waals surface area (Å²) in [6.45, 7) is 1.99. The van der Waals surface area contributed by atoms with Crippen LogP contribution in [0.5, 0.6) is 0 Å². The van der Waals surface area contributed by atoms with Gasteiger partial charge in [-0.1, -0.05) is 30.3 Å². The van der Waals surface area contributed by atoms with E-state index < -0.39 is 6.04 Å². The van der Waals surface area contributed by atoms with Crippen molar-refractivity contribution in [1.82, 2.24) is 0 Å². The van der Waals surface area contributed by atoms with Crippen LogP contribution in [0, 0.1) is 29.6 Å². The van der Waals surface area contributed by atoms with E-state index in [9.17, 15) is 5.26 Å². The summed E-state index contributed by atoms with van der Waals surface area (Å²) in [5, 5.41) is 21.4. The molecule has 0 bridgehead atoms. The van der Waals surface area contributed by atoms with Gasteiger partial charge < -0.3 is 5.32 Å². The Hall–Kier alpha value is -2.78. The first-order valence-corrected chi connectivity index (χ1v) is 5.96. The van der Waals surface area contributed by atoms with Crippen molar-refractivity contribution in [2.75, 3.05) is 5.32 Å². The smallest absolute Gasteiger partial charge is 0.140 e. The molecule has 3 nitrogen and oxygen atoms in total. The third-order valence-electron chi connectivity index (χ3n) is 2.92. The van der Waals surface area contributed by atoms with Gasteiger partial charge >= 0.3 is 0 Å². The quantitative estimate of drug-likeness (QED) is 0.902. The zero-order chi connectivity index (χ0) is 13.7. The predicted molar refractivity (Wildman–Crippen MR) is 74.3 cm³/mol. The van der Waals surface area contributed by atoms with E-state index in [2.05, 4.69) is 17.5 Å². The normalized spacial score (nSPS) is 11.1. The second kappa shape index (κ2) is 5.71. The molecule has 0 spiro atoms. The van der Waals surface area contributed by atoms with E-state index in [4.69, 9.17) is 5.26 Å². The molecule has 2 aromatic rings. The van der Waals surface area contributed by atoms with Crippen molar-refractivity contribution in [2.24, 2.45) is 0 Å². The molecule has 2 rings (SSSR count). The summed E-state index contributed by atoms with van der Waals surface area (Å²) in [6, 6.07) is 18.8. The molecule has 2 aromatic carbocycles. The zero-order valence-corrected chi connectivity index (χ0v) is 10.6. The summed E-state index contributed by atoms with van der Waals surface area (Å²) in [7, 11) is 0. The van der Waals surface area contributed by atoms with Crippen molar-refractivity contribution in [2.45, 2.75) is 13.0 Å². The van der Waals surface area contributed by atoms with Crippen LogP contribution in [-0.2, 0) is 0 Å². The predicted octanol–water partition coefficient (Wildman–Crippen LogP) is 3.54. The first-order chi connectivity index (χ1) is 9.24. The summed E-state index contributed by atoms with van der Waals surface area (Å²) >= 11 is 0. The summed E-state index contributed by atoms with van der Waals surface area (Å²) in [6.07, 6.45) is 0. The molecule has 0 radical (unpaired) electrons. The van der Waals surface area contributed by atoms with Crippen LogP contribution < -0.4 is 5.32 Å². The lowest BCUT2D eigenvalue weighted by Crippen LogP contribution is -2.09. The third-order valence-corrected chi connectivity index (χ3v) is 2.92. The molecule has 0 saturated heterocycles. The molecule has 0 fully saturated rings. The monoisotopic (exact) mass is 247 g/mol. The van der Waals surface area contributed by atoms with Crippen LogP contribution in [0.1, 0.15) is 22.7 Å². The molecule has 0 amide bonds. The lowest BCUT2D eigenvalue weighted by Gasteiger charge is -2.15. The maximum absolute atomic E-state index is 9.30. The minimum absolute atomic E-state index is 0.464. The highest BCUT2D eigenvalue weighted by atomic mass is 14.9. The first kappa shape index (κ1) is 12.7. The number of aryl methyl sites for hydroxylation is 1. The number of nitrogens with zero attached hydrogens (tertiary/aromatic N) is 2. The van der Waals surface area contributed by atoms with Gasteiger partial charge in [0.15, 0.2) is 0 Å². The second-order valence-electron chi connectivity index (χ2n) is 4.26. The Bertz CT molecular complexity index is 662. The van der Waals surface area contributed by atoms with Gasteiger partial charge in [-0.2, -0.15) is 10.5 Å². The molecule has 0 aliphatic carbocycles. The molecular formula is C16H13N3. The van der Waals surface area contributed by atoms with E-state index in [1.54, 1.807) is 18.2 Å². The first-order valence-electron chi connectivity index (χ1n) is 5.96. The molecule has 0 aliphatic rings. The van der Waals surface area contributed by atoms with Crippen LogP contribution in [0.2, 0.25) is 0 Å². The Kier molecular flexibility index (Phi) is 3.81. The molecule has 1 N–H and O–H groups in total. The highest BCUT2D eigenvalue weighted by Gasteiger charge is 2.11. The highest BCUT2D eigenvalue weighted by molar-refractivity contribution is 5.53. The Morgan fingerprint density at radius 2 is 1.84 bits per heavy atom. The standard InChI is InChI=1S/C16H13N3/c1-12-5-2-3-8-15(12)19-16(11-18)14-7-4-6-13(9-14)10-17/h2-9,16,19H,1H3. The van der Waals surface area contributed by atoms with Crippen LogP contribution in [-0.4, -0.2) is 0 Å². The van der Waals surface area contributed by atoms with Gasteiger partial charge in [0.25, 0.3) is 0 Å². The van der Waals surface area contributed by atoms with Gasteiger partial charge in [-0.15, -0.1) is 0 Å². The van der Waals surface area contributed by atoms with Crippen molar-refractivity contribution in [3.05, 3.63) is 65.2 Å². The summed E-state index contributed by atoms with van der Waals surface area (Å²) < 4.78 is 0. The van der Waals surface area contributed by atoms with E-state index in [1.165, 1.54) is 0 Å². The second-order valence-corrected chi connectivity index (χ2v) is 4.26. The average Bonchev–Trinajstić information content (AvgIpc) is 2.46. The molecule has 1 atom stereocenters. The fourth-order valence-corrected chi connectivity index (χ4v) is 1.87. The highest BCUT2D eigenvalue weighted by Crippen LogP contribution is 2.22. The molecular weight excluding hydrogens is 234 g/mol. The van der Waals surface area contributed by atoms with Gasteiger partial charge in [0.05, 0.1) is 17.7 Å². The number of para-hydroxylation sites is 1. The molecule has 3 heteroatoms. The molecule has 1 unspecified atom stereocenters. The Labute approximate surface area is 112 Å². The van der Waals surface area contributed by atoms with Gasteiger partial charge in [0.1, 0.15) is 6.04 Å². The maximum atomic E-state index is 9.30. The topological polar surface area (TPSA) is 59.6 Å². The van der Waals surface area contributed by atoms with E-state index in [1.807, 2.05) is 37.3 Å². The van der Waals surface area contributed by atoms with E-state index in [-0.39, 0.29) is 0 Å². The summed E-state index contributed by atoms with van der Waals surface area (Å²) in [4.78, 5) is 0. The van der Waals surface area contributed by atoms with E-state index in [0.29, 0.717) is 5.56 Å². The van der Waals surface area contributed by atoms with Crippen LogP contribution in [0.4, 0.5) is 5.69 Å². The van der Waals surface area contributed by atoms with Crippen LogP contribution in [0.3, 0.4) is 0 Å². The number of nitrogens with one attached hydrogen (secondary N) is 1. The number of anilines is 1. The fourth-order valence-electron chi connectivity index (χ4n) is 1.87. The Morgan fingerprint density at radius 3 is 2.53 bits per heavy atom. The van der Waals surface area contributed by atoms with Crippen molar-refractivity contribution < 1.29 is 0 Å². The van der Waals surface area contributed by atoms with Gasteiger partial charge in [0, 0.05) is 5.69 Å². The van der Waals surface area contributed by atoms with Crippen molar-refractivity contribution >= 4 is 5.69 Å². The van der Waals surface area contributed by atoms with Gasteiger partial charge in [-0.3, -0.25) is 0 Å². The lowest BCUT2D eigenvalue weighted by molar-refractivity contribution is 0.993. The van der Waals surface area contributed by atoms with Gasteiger partial charge in [0.2, 0.25) is 0 Å². The van der Waals surface area contributed by atoms with E-state index >= 15 is 0 Å². The van der Waals surface area contributed by atoms with Crippen molar-refractivity contribution in [1.29, 1.82) is 10.5 Å². The summed E-state index contributed by atoms with van der Waals surface area (Å²) in [5.41, 5.74) is 3.37. The molecule has 19 heavy (non-hydrogen) atoms. The SMILES string of the molecule is Cc1ccccc1NC(C#N)c1cccc(C#N)c1. The van der Waals surface area contributed by atoms with Crippen LogP contribution in [0.25, 0.3) is 0 Å². The largest absolute Gasteiger partial charge is 0.366 e.